The summed E-state index contributed by atoms with van der Waals surface area (Å²) in [6.45, 7) is 18.1. The standard InChI is InChI=1S/C98H142FN19O18S/c1-15-17-29-74-88(128)107-67(44-55(3)4)87(127)112-82(83(102)123)98(10,11)137-54-81(122)104-70(46-57-34-36-60(99)37-35-57)93(133)116-42-24-23-32-75(116)90(130)111-72(50-80(101)121)94(134)117-43-25-33-76(117)89(129)106-65(38-39-79(120)97(7,8)9)84(124)109-69(45-56(5)6)95(135)118-53-61(119)49-78(118)91(131)108-68(47-58-51-103-64-28-21-19-26-62(58)64)86(126)105-66(40-41-100)85(125)110-71(48-59-52-113(12)73-31-22-20-27-63(59)73)92(132)115(14)77(30-18-16-2)96(136)114(74)13/h19-22,26-28,31,34-37,51-52,55-56,61,65-72,74-78,82,103,119H,15-18,23-25,29-30,32-33,38-50,53-54,100H2,1-14H3,(H2,101,121)(H2,102,123)(H,104,122)(H,105,126)(H,106,129)(H,107,128)(H,108,131)(H,109,124)(H,110,125)(H,111,130)(H,112,127)/t61-,65+,66+,67+,68+,69+,70+,71+,72+,74+,75+,76+,77+,78+,82-/m1/s1. The van der Waals surface area contributed by atoms with Gasteiger partial charge in [-0.15, -0.1) is 11.8 Å². The SMILES string of the molecule is CCCC[C@H]1C(=O)N(C)[C@@H](CCCC)C(=O)N[C@@H](CC(C)C)C(=O)N[C@H](C(N)=O)C(C)(C)SCC(=O)N[C@@H](Cc2ccc(F)cc2)C(=O)N2CCCC[C@H]2C(=O)N[C@@H](CC(N)=O)C(=O)N2CCC[C@H]2C(=O)N[C@@H](CCC(=O)C(C)(C)C)C(=O)N[C@@H](CC(C)C)C(=O)N2C[C@H](O)C[C@H]2C(=O)N[C@@H](Cc2c[nH]c3ccccc23)C(=O)N[C@@H](CCN)C(=O)N[C@@H](Cc2cn(C)c3ccccc23)C(=O)N1C. The Morgan fingerprint density at radius 1 is 0.526 bits per heavy atom. The number of nitrogens with zero attached hydrogens (tertiary/aromatic N) is 6. The monoisotopic (exact) mass is 1920 g/mol. The largest absolute Gasteiger partial charge is 0.391 e. The molecular weight excluding hydrogens is 1780 g/mol. The topological polar surface area (TPSA) is 534 Å². The Bertz CT molecular complexity index is 5170. The van der Waals surface area contributed by atoms with Gasteiger partial charge in [0.15, 0.2) is 0 Å². The Morgan fingerprint density at radius 2 is 1.03 bits per heavy atom. The van der Waals surface area contributed by atoms with Gasteiger partial charge in [-0.1, -0.05) is 137 Å². The number of Topliss-reactive ketones (excluding diaryl/α,β-unsaturated/α-hetero) is 1. The Labute approximate surface area is 804 Å². The van der Waals surface area contributed by atoms with Gasteiger partial charge >= 0.3 is 0 Å². The molecule has 0 radical (unpaired) electrons. The zero-order chi connectivity index (χ0) is 101. The first-order valence-electron chi connectivity index (χ1n) is 47.9. The van der Waals surface area contributed by atoms with Gasteiger partial charge in [0.2, 0.25) is 94.5 Å². The van der Waals surface area contributed by atoms with E-state index in [1.54, 1.807) is 85.1 Å². The van der Waals surface area contributed by atoms with Crippen LogP contribution in [-0.4, -0.2) is 281 Å². The molecular formula is C98H142FN19O18S. The van der Waals surface area contributed by atoms with Crippen molar-refractivity contribution in [3.63, 3.8) is 0 Å². The summed E-state index contributed by atoms with van der Waals surface area (Å²) in [5.74, 6) is -16.1. The Balaban J connectivity index is 1.12. The number of likely N-dealkylation sites (N-methyl/N-ethyl adjacent to an activating group) is 2. The molecule has 6 heterocycles. The van der Waals surface area contributed by atoms with E-state index in [4.69, 9.17) is 17.2 Å². The van der Waals surface area contributed by atoms with E-state index < -0.39 is 220 Å². The van der Waals surface area contributed by atoms with Crippen LogP contribution in [0.15, 0.2) is 85.2 Å². The lowest BCUT2D eigenvalue weighted by atomic mass is 9.87. The molecule has 4 aliphatic heterocycles. The van der Waals surface area contributed by atoms with Gasteiger partial charge in [-0.25, -0.2) is 4.39 Å². The average molecular weight is 1930 g/mol. The molecule has 0 spiro atoms. The molecule has 0 bridgehead atoms. The number of para-hydroxylation sites is 2. The second-order valence-corrected chi connectivity index (χ2v) is 40.9. The summed E-state index contributed by atoms with van der Waals surface area (Å²) in [7, 11) is 4.65. The number of H-pyrrole nitrogens is 1. The number of nitrogens with one attached hydrogen (secondary N) is 10. The van der Waals surface area contributed by atoms with Gasteiger partial charge in [-0.2, -0.15) is 0 Å². The number of hydrogen-bond acceptors (Lipinski definition) is 20. The second kappa shape index (κ2) is 49.4. The van der Waals surface area contributed by atoms with Crippen molar-refractivity contribution < 1.29 is 91.0 Å². The summed E-state index contributed by atoms with van der Waals surface area (Å²) < 4.78 is 14.9. The smallest absolute Gasteiger partial charge is 0.246 e. The number of fused-ring (bicyclic) bond motifs is 5. The third-order valence-corrected chi connectivity index (χ3v) is 27.5. The maximum atomic E-state index is 15.9. The highest BCUT2D eigenvalue weighted by Gasteiger charge is 2.48. The number of aliphatic hydroxyl groups excluding tert-OH is 1. The van der Waals surface area contributed by atoms with Crippen molar-refractivity contribution >= 4 is 134 Å². The maximum Gasteiger partial charge on any atom is 0.246 e. The van der Waals surface area contributed by atoms with E-state index in [-0.39, 0.29) is 127 Å². The highest BCUT2D eigenvalue weighted by molar-refractivity contribution is 8.01. The molecule has 16 amide bonds. The minimum Gasteiger partial charge on any atom is -0.391 e. The first-order chi connectivity index (χ1) is 64.7. The molecule has 750 valence electrons. The van der Waals surface area contributed by atoms with E-state index in [2.05, 4.69) is 52.8 Å². The van der Waals surface area contributed by atoms with Crippen LogP contribution in [0.25, 0.3) is 21.8 Å². The molecule has 3 aromatic carbocycles. The zero-order valence-electron chi connectivity index (χ0n) is 81.4. The van der Waals surface area contributed by atoms with Crippen molar-refractivity contribution in [3.05, 3.63) is 108 Å². The van der Waals surface area contributed by atoms with Crippen LogP contribution in [0.1, 0.15) is 208 Å². The van der Waals surface area contributed by atoms with Crippen molar-refractivity contribution in [2.24, 2.45) is 41.5 Å². The average Bonchev–Trinajstić information content (AvgIpc) is 1.70. The van der Waals surface area contributed by atoms with Gasteiger partial charge < -0.3 is 104 Å². The number of rotatable bonds is 24. The van der Waals surface area contributed by atoms with Crippen LogP contribution in [0.2, 0.25) is 0 Å². The molecule has 137 heavy (non-hydrogen) atoms. The summed E-state index contributed by atoms with van der Waals surface area (Å²) in [4.78, 5) is 264. The summed E-state index contributed by atoms with van der Waals surface area (Å²) in [5, 5.41) is 38.0. The van der Waals surface area contributed by atoms with Crippen molar-refractivity contribution in [1.29, 1.82) is 0 Å². The summed E-state index contributed by atoms with van der Waals surface area (Å²) in [6.07, 6.45) is 2.14. The van der Waals surface area contributed by atoms with Gasteiger partial charge in [0.05, 0.1) is 18.3 Å². The number of nitrogens with two attached hydrogens (primary N) is 3. The molecule has 39 heteroatoms. The van der Waals surface area contributed by atoms with E-state index in [0.29, 0.717) is 66.1 Å². The van der Waals surface area contributed by atoms with Gasteiger partial charge in [0.1, 0.15) is 96.2 Å². The number of ketones is 1. The molecule has 5 aromatic rings. The molecule has 17 N–H and O–H groups in total. The first kappa shape index (κ1) is 109. The van der Waals surface area contributed by atoms with Crippen LogP contribution in [0.5, 0.6) is 0 Å². The Kier molecular flexibility index (Phi) is 39.2. The van der Waals surface area contributed by atoms with Crippen LogP contribution in [-0.2, 0) is 108 Å². The van der Waals surface area contributed by atoms with Crippen LogP contribution in [0.4, 0.5) is 4.39 Å². The molecule has 0 unspecified atom stereocenters. The number of carbonyl (C=O) groups is 17. The van der Waals surface area contributed by atoms with Crippen LogP contribution in [0.3, 0.4) is 0 Å². The van der Waals surface area contributed by atoms with E-state index in [9.17, 15) is 33.5 Å². The Morgan fingerprint density at radius 3 is 1.65 bits per heavy atom. The first-order valence-corrected chi connectivity index (χ1v) is 48.9. The molecule has 9 rings (SSSR count). The normalized spacial score (nSPS) is 25.7. The minimum atomic E-state index is -1.76. The van der Waals surface area contributed by atoms with Crippen LogP contribution < -0.4 is 65.1 Å². The summed E-state index contributed by atoms with van der Waals surface area (Å²) >= 11 is 0.871. The van der Waals surface area contributed by atoms with Crippen LogP contribution in [0, 0.1) is 23.1 Å². The molecule has 0 aliphatic carbocycles. The third kappa shape index (κ3) is 29.1. The van der Waals surface area contributed by atoms with Crippen molar-refractivity contribution in [2.45, 2.75) is 306 Å². The number of thioether (sulfide) groups is 1. The van der Waals surface area contributed by atoms with Crippen molar-refractivity contribution in [3.8, 4) is 0 Å². The number of aryl methyl sites for hydroxylation is 1. The molecule has 4 fully saturated rings. The van der Waals surface area contributed by atoms with Gasteiger partial charge in [0, 0.05) is 117 Å². The third-order valence-electron chi connectivity index (χ3n) is 26.1. The molecule has 4 saturated heterocycles. The summed E-state index contributed by atoms with van der Waals surface area (Å²) in [5.41, 5.74) is 20.2. The predicted molar refractivity (Wildman–Crippen MR) is 514 cm³/mol. The van der Waals surface area contributed by atoms with Gasteiger partial charge in [-0.3, -0.25) is 81.5 Å². The molecule has 4 aliphatic rings. The number of halogens is 1. The van der Waals surface area contributed by atoms with Gasteiger partial charge in [0.25, 0.3) is 0 Å². The number of piperidine rings is 1. The molecule has 15 atom stereocenters. The number of amides is 16. The Hall–Kier alpha value is -11.9. The van der Waals surface area contributed by atoms with E-state index in [1.165, 1.54) is 54.8 Å². The van der Waals surface area contributed by atoms with Crippen molar-refractivity contribution in [1.82, 2.24) is 81.9 Å². The molecule has 0 saturated carbocycles. The number of carbonyl (C=O) groups excluding carboxylic acids is 17. The number of benzene rings is 3. The second-order valence-electron chi connectivity index (χ2n) is 39.2. The number of aliphatic hydroxyl groups is 1. The predicted octanol–water partition coefficient (Wildman–Crippen LogP) is 3.28. The number of hydrogen-bond donors (Lipinski definition) is 14. The number of primary amides is 2. The fourth-order valence-corrected chi connectivity index (χ4v) is 19.4. The molecule has 2 aromatic heterocycles. The van der Waals surface area contributed by atoms with E-state index >= 15 is 57.5 Å². The van der Waals surface area contributed by atoms with Crippen LogP contribution >= 0.6 is 11.8 Å². The zero-order valence-corrected chi connectivity index (χ0v) is 82.2. The number of aromatic nitrogens is 2. The highest BCUT2D eigenvalue weighted by atomic mass is 32.2. The quantitative estimate of drug-likeness (QED) is 0.0421. The fourth-order valence-electron chi connectivity index (χ4n) is 18.5. The summed E-state index contributed by atoms with van der Waals surface area (Å²) in [6, 6.07) is -1.18. The van der Waals surface area contributed by atoms with Crippen molar-refractivity contribution in [2.75, 3.05) is 46.0 Å². The van der Waals surface area contributed by atoms with E-state index in [0.717, 1.165) is 44.6 Å². The van der Waals surface area contributed by atoms with Gasteiger partial charge in [-0.05, 0) is 144 Å². The fraction of sp³-hybridized carbons (Fsp3) is 0.602. The lowest BCUT2D eigenvalue weighted by molar-refractivity contribution is -0.149. The minimum absolute atomic E-state index is 0.00652. The van der Waals surface area contributed by atoms with E-state index in [1.807, 2.05) is 49.7 Å². The maximum absolute atomic E-state index is 15.9. The lowest BCUT2D eigenvalue weighted by Crippen LogP contribution is -2.62. The number of unbranched alkanes of at least 4 members (excludes halogenated alkanes) is 2. The number of aromatic amines is 1. The lowest BCUT2D eigenvalue weighted by Gasteiger charge is -2.38. The highest BCUT2D eigenvalue weighted by Crippen LogP contribution is 2.33. The molecule has 37 nitrogen and oxygen atoms in total.